The van der Waals surface area contributed by atoms with Gasteiger partial charge in [0.05, 0.1) is 6.10 Å². The monoisotopic (exact) mass is 371 g/mol. The van der Waals surface area contributed by atoms with Crippen LogP contribution in [-0.4, -0.2) is 34.5 Å². The molecule has 7 heteroatoms. The van der Waals surface area contributed by atoms with Crippen LogP contribution in [0.1, 0.15) is 32.1 Å². The molecule has 4 N–H and O–H groups in total. The van der Waals surface area contributed by atoms with Crippen LogP contribution in [0.2, 0.25) is 0 Å². The lowest BCUT2D eigenvalue weighted by Gasteiger charge is -2.16. The first-order valence-corrected chi connectivity index (χ1v) is 9.26. The Morgan fingerprint density at radius 2 is 2.00 bits per heavy atom. The van der Waals surface area contributed by atoms with Crippen molar-refractivity contribution in [3.05, 3.63) is 42.0 Å². The van der Waals surface area contributed by atoms with Crippen LogP contribution in [0.3, 0.4) is 0 Å². The summed E-state index contributed by atoms with van der Waals surface area (Å²) in [6, 6.07) is 8.66. The van der Waals surface area contributed by atoms with Crippen molar-refractivity contribution in [2.75, 3.05) is 5.32 Å². The third-order valence-electron chi connectivity index (χ3n) is 5.35. The van der Waals surface area contributed by atoms with Crippen LogP contribution in [0.4, 0.5) is 10.5 Å². The minimum absolute atomic E-state index is 0.0996. The molecule has 7 nitrogen and oxygen atoms in total. The minimum Gasteiger partial charge on any atom is -0.481 e. The maximum absolute atomic E-state index is 11.9. The Bertz CT molecular complexity index is 732. The zero-order valence-corrected chi connectivity index (χ0v) is 15.0. The van der Waals surface area contributed by atoms with E-state index in [1.807, 2.05) is 24.3 Å². The van der Waals surface area contributed by atoms with Gasteiger partial charge in [0.1, 0.15) is 0 Å². The second kappa shape index (κ2) is 8.81. The number of nitrogens with zero attached hydrogens (tertiary/aromatic N) is 1. The standard InChI is InChI=1S/C20H25N3O4/c24-18-11-14-9-13(5-4-8-19(25)26)10-16(14)17(18)12-21-23-20(27)22-15-6-2-1-3-7-15/h1-3,5-7,12,14,16-18,24H,4,8-11H2,(H,25,26)(H2,22,23,27)/b13-5+,21-12+/t14-,16-,17+,18+/m0/s1. The molecule has 2 saturated carbocycles. The molecule has 1 aromatic carbocycles. The van der Waals surface area contributed by atoms with Gasteiger partial charge in [-0.1, -0.05) is 29.8 Å². The highest BCUT2D eigenvalue weighted by molar-refractivity contribution is 5.89. The molecule has 0 bridgehead atoms. The Labute approximate surface area is 158 Å². The van der Waals surface area contributed by atoms with Crippen molar-refractivity contribution in [3.8, 4) is 0 Å². The van der Waals surface area contributed by atoms with E-state index in [1.165, 1.54) is 5.57 Å². The molecule has 27 heavy (non-hydrogen) atoms. The molecule has 2 amide bonds. The van der Waals surface area contributed by atoms with Crippen molar-refractivity contribution in [2.45, 2.75) is 38.2 Å². The van der Waals surface area contributed by atoms with Crippen LogP contribution < -0.4 is 10.7 Å². The lowest BCUT2D eigenvalue weighted by molar-refractivity contribution is -0.136. The maximum atomic E-state index is 11.9. The van der Waals surface area contributed by atoms with Crippen LogP contribution in [-0.2, 0) is 4.79 Å². The highest BCUT2D eigenvalue weighted by Gasteiger charge is 2.45. The molecule has 2 aliphatic carbocycles. The van der Waals surface area contributed by atoms with Crippen molar-refractivity contribution in [1.29, 1.82) is 0 Å². The molecule has 0 aliphatic heterocycles. The van der Waals surface area contributed by atoms with E-state index >= 15 is 0 Å². The summed E-state index contributed by atoms with van der Waals surface area (Å²) in [6.45, 7) is 0. The molecule has 4 atom stereocenters. The molecule has 0 unspecified atom stereocenters. The maximum Gasteiger partial charge on any atom is 0.339 e. The highest BCUT2D eigenvalue weighted by Crippen LogP contribution is 2.49. The summed E-state index contributed by atoms with van der Waals surface area (Å²) in [5.41, 5.74) is 4.39. The summed E-state index contributed by atoms with van der Waals surface area (Å²) in [7, 11) is 0. The van der Waals surface area contributed by atoms with Gasteiger partial charge in [0.15, 0.2) is 0 Å². The molecular formula is C20H25N3O4. The molecule has 0 heterocycles. The first-order chi connectivity index (χ1) is 13.0. The molecule has 0 aromatic heterocycles. The van der Waals surface area contributed by atoms with E-state index in [4.69, 9.17) is 5.11 Å². The number of benzene rings is 1. The summed E-state index contributed by atoms with van der Waals surface area (Å²) < 4.78 is 0. The predicted octanol–water partition coefficient (Wildman–Crippen LogP) is 2.99. The Hall–Kier alpha value is -2.67. The van der Waals surface area contributed by atoms with Gasteiger partial charge in [0.25, 0.3) is 0 Å². The quantitative estimate of drug-likeness (QED) is 0.350. The molecule has 1 aromatic rings. The summed E-state index contributed by atoms with van der Waals surface area (Å²) in [5, 5.41) is 25.8. The SMILES string of the molecule is O=C(O)CC/C=C1\C[C@H]2C[C@@H](O)[C@H](/C=N/NC(=O)Nc3ccccc3)[C@H]2C1. The van der Waals surface area contributed by atoms with E-state index in [2.05, 4.69) is 15.8 Å². The Morgan fingerprint density at radius 3 is 2.74 bits per heavy atom. The fourth-order valence-electron chi connectivity index (χ4n) is 4.14. The van der Waals surface area contributed by atoms with Crippen molar-refractivity contribution >= 4 is 23.9 Å². The van der Waals surface area contributed by atoms with E-state index in [0.717, 1.165) is 12.8 Å². The number of allylic oxidation sites excluding steroid dienone is 2. The third kappa shape index (κ3) is 5.17. The van der Waals surface area contributed by atoms with Gasteiger partial charge >= 0.3 is 12.0 Å². The number of aliphatic hydroxyl groups is 1. The number of hydrazone groups is 1. The molecule has 2 aliphatic rings. The average Bonchev–Trinajstić information content (AvgIpc) is 3.13. The number of hydrogen-bond donors (Lipinski definition) is 4. The number of anilines is 1. The predicted molar refractivity (Wildman–Crippen MR) is 102 cm³/mol. The van der Waals surface area contributed by atoms with Gasteiger partial charge in [-0.2, -0.15) is 5.10 Å². The summed E-state index contributed by atoms with van der Waals surface area (Å²) >= 11 is 0. The van der Waals surface area contributed by atoms with E-state index in [1.54, 1.807) is 18.3 Å². The number of fused-ring (bicyclic) bond motifs is 1. The minimum atomic E-state index is -0.787. The molecule has 2 fully saturated rings. The topological polar surface area (TPSA) is 111 Å². The molecule has 0 saturated heterocycles. The van der Waals surface area contributed by atoms with Gasteiger partial charge in [0.2, 0.25) is 0 Å². The van der Waals surface area contributed by atoms with E-state index in [9.17, 15) is 14.7 Å². The number of amides is 2. The number of urea groups is 1. The average molecular weight is 371 g/mol. The number of nitrogens with one attached hydrogen (secondary N) is 2. The zero-order valence-electron chi connectivity index (χ0n) is 15.0. The number of carbonyl (C=O) groups is 2. The second-order valence-corrected chi connectivity index (χ2v) is 7.22. The number of rotatable bonds is 6. The number of hydrogen-bond acceptors (Lipinski definition) is 4. The van der Waals surface area contributed by atoms with E-state index in [-0.39, 0.29) is 12.3 Å². The van der Waals surface area contributed by atoms with Crippen LogP contribution >= 0.6 is 0 Å². The molecular weight excluding hydrogens is 346 g/mol. The number of carboxylic acid groups (broad SMARTS) is 1. The Kier molecular flexibility index (Phi) is 6.24. The van der Waals surface area contributed by atoms with E-state index in [0.29, 0.717) is 30.4 Å². The van der Waals surface area contributed by atoms with Gasteiger partial charge in [-0.05, 0) is 49.7 Å². The first kappa shape index (κ1) is 19.1. The van der Waals surface area contributed by atoms with Gasteiger partial charge in [0, 0.05) is 24.2 Å². The van der Waals surface area contributed by atoms with Gasteiger partial charge in [-0.15, -0.1) is 0 Å². The summed E-state index contributed by atoms with van der Waals surface area (Å²) in [5.74, 6) is -0.202. The third-order valence-corrected chi connectivity index (χ3v) is 5.35. The fourth-order valence-corrected chi connectivity index (χ4v) is 4.14. The van der Waals surface area contributed by atoms with Gasteiger partial charge in [-0.3, -0.25) is 4.79 Å². The van der Waals surface area contributed by atoms with Crippen LogP contribution in [0.5, 0.6) is 0 Å². The van der Waals surface area contributed by atoms with Crippen molar-refractivity contribution in [1.82, 2.24) is 5.43 Å². The number of carbonyl (C=O) groups excluding carboxylic acids is 1. The zero-order chi connectivity index (χ0) is 19.2. The van der Waals surface area contributed by atoms with Gasteiger partial charge < -0.3 is 15.5 Å². The second-order valence-electron chi connectivity index (χ2n) is 7.22. The van der Waals surface area contributed by atoms with Crippen molar-refractivity contribution < 1.29 is 19.8 Å². The van der Waals surface area contributed by atoms with Crippen LogP contribution in [0, 0.1) is 17.8 Å². The Morgan fingerprint density at radius 1 is 1.22 bits per heavy atom. The largest absolute Gasteiger partial charge is 0.481 e. The molecule has 3 rings (SSSR count). The lowest BCUT2D eigenvalue weighted by atomic mass is 9.92. The number of para-hydroxylation sites is 1. The van der Waals surface area contributed by atoms with Crippen molar-refractivity contribution in [3.63, 3.8) is 0 Å². The smallest absolute Gasteiger partial charge is 0.339 e. The van der Waals surface area contributed by atoms with Crippen LogP contribution in [0.15, 0.2) is 47.1 Å². The van der Waals surface area contributed by atoms with E-state index < -0.39 is 18.1 Å². The number of aliphatic hydroxyl groups excluding tert-OH is 1. The van der Waals surface area contributed by atoms with Gasteiger partial charge in [-0.25, -0.2) is 10.2 Å². The lowest BCUT2D eigenvalue weighted by Crippen LogP contribution is -2.27. The summed E-state index contributed by atoms with van der Waals surface area (Å²) in [6.07, 6.45) is 6.39. The fraction of sp³-hybridized carbons (Fsp3) is 0.450. The number of aliphatic carboxylic acids is 1. The molecule has 144 valence electrons. The molecule has 0 radical (unpaired) electrons. The highest BCUT2D eigenvalue weighted by atomic mass is 16.4. The normalized spacial score (nSPS) is 28.4. The number of carboxylic acids is 1. The molecule has 0 spiro atoms. The van der Waals surface area contributed by atoms with Crippen molar-refractivity contribution in [2.24, 2.45) is 22.9 Å². The first-order valence-electron chi connectivity index (χ1n) is 9.26. The Balaban J connectivity index is 1.51. The summed E-state index contributed by atoms with van der Waals surface area (Å²) in [4.78, 5) is 22.5. The van der Waals surface area contributed by atoms with Crippen LogP contribution in [0.25, 0.3) is 0 Å².